The largest absolute Gasteiger partial charge is 0.439 e. The van der Waals surface area contributed by atoms with Crippen LogP contribution in [0.5, 0.6) is 11.6 Å². The molecule has 7 nitrogen and oxygen atoms in total. The Morgan fingerprint density at radius 3 is 2.67 bits per heavy atom. The van der Waals surface area contributed by atoms with E-state index in [1.54, 1.807) is 40.2 Å². The van der Waals surface area contributed by atoms with Crippen LogP contribution >= 0.6 is 11.3 Å². The lowest BCUT2D eigenvalue weighted by Gasteiger charge is -2.08. The van der Waals surface area contributed by atoms with Crippen LogP contribution in [0.25, 0.3) is 17.0 Å². The summed E-state index contributed by atoms with van der Waals surface area (Å²) >= 11 is 1.60. The molecule has 30 heavy (non-hydrogen) atoms. The average Bonchev–Trinajstić information content (AvgIpc) is 3.44. The van der Waals surface area contributed by atoms with Crippen molar-refractivity contribution in [3.8, 4) is 23.0 Å². The average molecular weight is 418 g/mol. The fourth-order valence-corrected chi connectivity index (χ4v) is 3.48. The van der Waals surface area contributed by atoms with Crippen LogP contribution in [0.15, 0.2) is 71.6 Å². The monoisotopic (exact) mass is 418 g/mol. The van der Waals surface area contributed by atoms with Gasteiger partial charge in [0, 0.05) is 29.8 Å². The number of pyridine rings is 1. The van der Waals surface area contributed by atoms with Gasteiger partial charge in [-0.2, -0.15) is 15.9 Å². The first-order valence-corrected chi connectivity index (χ1v) is 10.1. The molecular formula is C21H15FN6OS. The number of nitrogens with one attached hydrogen (secondary N) is 1. The Morgan fingerprint density at radius 2 is 1.90 bits per heavy atom. The molecule has 0 radical (unpaired) electrons. The molecule has 1 N–H and O–H groups in total. The SMILES string of the molecule is Fc1ccc(Oc2ccc(CNc3ccc4nnc(-c5ccsc5)n4n3)cn2)cc1. The molecule has 4 aromatic heterocycles. The van der Waals surface area contributed by atoms with E-state index in [0.717, 1.165) is 11.1 Å². The van der Waals surface area contributed by atoms with Crippen LogP contribution in [0.2, 0.25) is 0 Å². The summed E-state index contributed by atoms with van der Waals surface area (Å²) in [5.74, 6) is 2.07. The topological polar surface area (TPSA) is 77.2 Å². The minimum Gasteiger partial charge on any atom is -0.439 e. The predicted octanol–water partition coefficient (Wildman–Crippen LogP) is 4.79. The molecule has 0 saturated carbocycles. The number of hydrogen-bond donors (Lipinski definition) is 1. The van der Waals surface area contributed by atoms with Crippen molar-refractivity contribution in [3.63, 3.8) is 0 Å². The molecule has 0 unspecified atom stereocenters. The Labute approximate surface area is 174 Å². The van der Waals surface area contributed by atoms with E-state index >= 15 is 0 Å². The molecule has 0 aliphatic heterocycles. The lowest BCUT2D eigenvalue weighted by atomic mass is 10.3. The number of ether oxygens (including phenoxy) is 1. The highest BCUT2D eigenvalue weighted by atomic mass is 32.1. The third kappa shape index (κ3) is 3.83. The highest BCUT2D eigenvalue weighted by molar-refractivity contribution is 7.08. The van der Waals surface area contributed by atoms with Crippen molar-refractivity contribution in [1.82, 2.24) is 24.8 Å². The van der Waals surface area contributed by atoms with E-state index in [4.69, 9.17) is 4.74 Å². The van der Waals surface area contributed by atoms with Gasteiger partial charge in [-0.3, -0.25) is 0 Å². The van der Waals surface area contributed by atoms with E-state index in [-0.39, 0.29) is 5.82 Å². The summed E-state index contributed by atoms with van der Waals surface area (Å²) in [6, 6.07) is 15.2. The quantitative estimate of drug-likeness (QED) is 0.427. The summed E-state index contributed by atoms with van der Waals surface area (Å²) < 4.78 is 20.3. The van der Waals surface area contributed by atoms with Crippen LogP contribution in [-0.4, -0.2) is 24.8 Å². The Hall–Kier alpha value is -3.85. The normalized spacial score (nSPS) is 11.0. The summed E-state index contributed by atoms with van der Waals surface area (Å²) in [5, 5.41) is 20.3. The van der Waals surface area contributed by atoms with Crippen molar-refractivity contribution < 1.29 is 9.13 Å². The van der Waals surface area contributed by atoms with Crippen molar-refractivity contribution in [2.75, 3.05) is 5.32 Å². The summed E-state index contributed by atoms with van der Waals surface area (Å²) in [5.41, 5.74) is 2.63. The predicted molar refractivity (Wildman–Crippen MR) is 112 cm³/mol. The van der Waals surface area contributed by atoms with Gasteiger partial charge in [0.1, 0.15) is 17.4 Å². The molecule has 0 spiro atoms. The summed E-state index contributed by atoms with van der Waals surface area (Å²) in [6.07, 6.45) is 1.72. The van der Waals surface area contributed by atoms with Gasteiger partial charge in [0.2, 0.25) is 5.88 Å². The van der Waals surface area contributed by atoms with Gasteiger partial charge in [0.25, 0.3) is 0 Å². The van der Waals surface area contributed by atoms with Crippen molar-refractivity contribution in [3.05, 3.63) is 82.9 Å². The summed E-state index contributed by atoms with van der Waals surface area (Å²) in [4.78, 5) is 4.30. The van der Waals surface area contributed by atoms with E-state index in [1.807, 2.05) is 35.0 Å². The second-order valence-corrected chi connectivity index (χ2v) is 7.22. The Balaban J connectivity index is 1.27. The first-order chi connectivity index (χ1) is 14.7. The molecule has 5 rings (SSSR count). The number of fused-ring (bicyclic) bond motifs is 1. The van der Waals surface area contributed by atoms with E-state index in [0.29, 0.717) is 35.5 Å². The van der Waals surface area contributed by atoms with Gasteiger partial charge in [-0.1, -0.05) is 6.07 Å². The van der Waals surface area contributed by atoms with Gasteiger partial charge in [-0.15, -0.1) is 15.3 Å². The van der Waals surface area contributed by atoms with Gasteiger partial charge in [-0.05, 0) is 53.4 Å². The van der Waals surface area contributed by atoms with Crippen LogP contribution in [0.1, 0.15) is 5.56 Å². The molecule has 148 valence electrons. The zero-order valence-electron chi connectivity index (χ0n) is 15.6. The molecular weight excluding hydrogens is 403 g/mol. The van der Waals surface area contributed by atoms with E-state index in [2.05, 4.69) is 25.6 Å². The van der Waals surface area contributed by atoms with Crippen molar-refractivity contribution in [1.29, 1.82) is 0 Å². The highest BCUT2D eigenvalue weighted by Crippen LogP contribution is 2.22. The number of anilines is 1. The summed E-state index contributed by atoms with van der Waals surface area (Å²) in [7, 11) is 0. The molecule has 4 heterocycles. The lowest BCUT2D eigenvalue weighted by Crippen LogP contribution is -2.05. The van der Waals surface area contributed by atoms with Gasteiger partial charge >= 0.3 is 0 Å². The Morgan fingerprint density at radius 1 is 1.00 bits per heavy atom. The zero-order valence-corrected chi connectivity index (χ0v) is 16.4. The molecule has 9 heteroatoms. The molecule has 0 amide bonds. The third-order valence-electron chi connectivity index (χ3n) is 4.35. The molecule has 0 fully saturated rings. The van der Waals surface area contributed by atoms with Gasteiger partial charge in [0.05, 0.1) is 0 Å². The zero-order chi connectivity index (χ0) is 20.3. The standard InChI is InChI=1S/C21H15FN6OS/c22-16-2-4-17(5-3-16)29-20-8-1-14(12-24-20)11-23-18-6-7-19-25-26-21(28(19)27-18)15-9-10-30-13-15/h1-10,12-13H,11H2,(H,23,27). The van der Waals surface area contributed by atoms with Crippen LogP contribution in [-0.2, 0) is 6.54 Å². The smallest absolute Gasteiger partial charge is 0.219 e. The van der Waals surface area contributed by atoms with Crippen LogP contribution in [0.4, 0.5) is 10.2 Å². The van der Waals surface area contributed by atoms with Crippen molar-refractivity contribution in [2.24, 2.45) is 0 Å². The Bertz CT molecular complexity index is 1270. The van der Waals surface area contributed by atoms with Crippen LogP contribution < -0.4 is 10.1 Å². The first kappa shape index (κ1) is 18.2. The second-order valence-electron chi connectivity index (χ2n) is 6.44. The number of halogens is 1. The maximum atomic E-state index is 13.0. The fourth-order valence-electron chi connectivity index (χ4n) is 2.85. The molecule has 5 aromatic rings. The summed E-state index contributed by atoms with van der Waals surface area (Å²) in [6.45, 7) is 0.540. The maximum absolute atomic E-state index is 13.0. The maximum Gasteiger partial charge on any atom is 0.219 e. The minimum absolute atomic E-state index is 0.308. The number of thiophene rings is 1. The number of benzene rings is 1. The van der Waals surface area contributed by atoms with Gasteiger partial charge in [-0.25, -0.2) is 9.37 Å². The van der Waals surface area contributed by atoms with E-state index < -0.39 is 0 Å². The van der Waals surface area contributed by atoms with Gasteiger partial charge < -0.3 is 10.1 Å². The highest BCUT2D eigenvalue weighted by Gasteiger charge is 2.10. The fraction of sp³-hybridized carbons (Fsp3) is 0.0476. The molecule has 0 saturated heterocycles. The molecule has 0 bridgehead atoms. The Kier molecular flexibility index (Phi) is 4.78. The van der Waals surface area contributed by atoms with Crippen molar-refractivity contribution in [2.45, 2.75) is 6.54 Å². The van der Waals surface area contributed by atoms with Crippen molar-refractivity contribution >= 4 is 22.8 Å². The minimum atomic E-state index is -0.308. The molecule has 0 aliphatic rings. The van der Waals surface area contributed by atoms with E-state index in [9.17, 15) is 4.39 Å². The molecule has 0 atom stereocenters. The third-order valence-corrected chi connectivity index (χ3v) is 5.03. The lowest BCUT2D eigenvalue weighted by molar-refractivity contribution is 0.461. The number of rotatable bonds is 6. The molecule has 0 aliphatic carbocycles. The van der Waals surface area contributed by atoms with E-state index in [1.165, 1.54) is 12.1 Å². The number of aromatic nitrogens is 5. The number of nitrogens with zero attached hydrogens (tertiary/aromatic N) is 5. The van der Waals surface area contributed by atoms with Gasteiger partial charge in [0.15, 0.2) is 11.5 Å². The number of hydrogen-bond acceptors (Lipinski definition) is 7. The van der Waals surface area contributed by atoms with Crippen LogP contribution in [0.3, 0.4) is 0 Å². The second kappa shape index (κ2) is 7.88. The first-order valence-electron chi connectivity index (χ1n) is 9.12. The molecule has 1 aromatic carbocycles. The van der Waals surface area contributed by atoms with Crippen LogP contribution in [0, 0.1) is 5.82 Å².